The van der Waals surface area contributed by atoms with Gasteiger partial charge in [-0.05, 0) is 110 Å². The van der Waals surface area contributed by atoms with Crippen LogP contribution in [0.2, 0.25) is 0 Å². The average Bonchev–Trinajstić information content (AvgIpc) is 3.74. The van der Waals surface area contributed by atoms with E-state index in [4.69, 9.17) is 31.5 Å². The molecular weight excluding hydrogens is 940 g/mol. The zero-order valence-corrected chi connectivity index (χ0v) is 41.7. The number of allylic oxidation sites excluding steroid dienone is 8. The van der Waals surface area contributed by atoms with Crippen molar-refractivity contribution in [3.63, 3.8) is 0 Å². The summed E-state index contributed by atoms with van der Waals surface area (Å²) in [5, 5.41) is 104. The van der Waals surface area contributed by atoms with Crippen molar-refractivity contribution in [3.05, 3.63) is 105 Å². The molecule has 18 nitrogen and oxygen atoms in total. The number of hydrogen-bond donors (Lipinski definition) is 12. The lowest BCUT2D eigenvalue weighted by molar-refractivity contribution is -0.143. The minimum Gasteiger partial charge on any atom is -0.466 e. The third kappa shape index (κ3) is 13.6. The van der Waals surface area contributed by atoms with E-state index in [9.17, 15) is 55.2 Å². The fourth-order valence-corrected chi connectivity index (χ4v) is 9.28. The van der Waals surface area contributed by atoms with Crippen LogP contribution in [-0.2, 0) is 20.4 Å². The third-order valence-corrected chi connectivity index (χ3v) is 14.0. The summed E-state index contributed by atoms with van der Waals surface area (Å²) < 4.78 is 5.10. The minimum atomic E-state index is -1.83. The lowest BCUT2D eigenvalue weighted by atomic mass is 9.80. The second kappa shape index (κ2) is 25.2. The Morgan fingerprint density at radius 3 is 1.87 bits per heavy atom. The quantitative estimate of drug-likeness (QED) is 0.0531. The molecule has 2 heterocycles. The number of aliphatic hydroxyl groups excluding tert-OH is 10. The van der Waals surface area contributed by atoms with Crippen molar-refractivity contribution in [3.8, 4) is 0 Å². The number of rotatable bonds is 24. The number of amides is 2. The number of unbranched alkanes of at least 4 members (excludes halogenated alkanes) is 2. The lowest BCUT2D eigenvalue weighted by Gasteiger charge is -2.27. The van der Waals surface area contributed by atoms with E-state index in [2.05, 4.69) is 35.5 Å². The van der Waals surface area contributed by atoms with Gasteiger partial charge in [0.2, 0.25) is 0 Å². The second-order valence-electron chi connectivity index (χ2n) is 19.3. The van der Waals surface area contributed by atoms with Gasteiger partial charge in [-0.2, -0.15) is 0 Å². The van der Waals surface area contributed by atoms with Gasteiger partial charge >= 0.3 is 5.97 Å². The Balaban J connectivity index is 1.34. The molecule has 0 saturated heterocycles. The Morgan fingerprint density at radius 2 is 1.30 bits per heavy atom. The summed E-state index contributed by atoms with van der Waals surface area (Å²) in [5.41, 5.74) is 6.18. The van der Waals surface area contributed by atoms with Crippen molar-refractivity contribution in [2.24, 2.45) is 4.99 Å². The molecular formula is C52H71ClN4O14. The van der Waals surface area contributed by atoms with Gasteiger partial charge in [-0.1, -0.05) is 57.9 Å². The number of benzene rings is 2. The Kier molecular flexibility index (Phi) is 20.3. The van der Waals surface area contributed by atoms with Gasteiger partial charge in [-0.3, -0.25) is 19.4 Å². The molecule has 2 aromatic carbocycles. The molecule has 0 bridgehead atoms. The highest BCUT2D eigenvalue weighted by Crippen LogP contribution is 2.49. The molecule has 3 aliphatic rings. The van der Waals surface area contributed by atoms with E-state index in [0.29, 0.717) is 42.3 Å². The maximum Gasteiger partial charge on any atom is 0.305 e. The Bertz CT molecular complexity index is 2380. The van der Waals surface area contributed by atoms with Crippen molar-refractivity contribution in [2.75, 3.05) is 44.4 Å². The third-order valence-electron chi connectivity index (χ3n) is 13.5. The van der Waals surface area contributed by atoms with Crippen LogP contribution >= 0.6 is 11.6 Å². The first kappa shape index (κ1) is 57.1. The van der Waals surface area contributed by atoms with Crippen molar-refractivity contribution in [1.29, 1.82) is 0 Å². The average molecular weight is 1010 g/mol. The van der Waals surface area contributed by atoms with Crippen molar-refractivity contribution >= 4 is 46.5 Å². The zero-order valence-electron chi connectivity index (χ0n) is 41.0. The number of anilines is 1. The molecule has 12 N–H and O–H groups in total. The van der Waals surface area contributed by atoms with Crippen LogP contribution in [0.15, 0.2) is 87.6 Å². The molecule has 2 aromatic rings. The molecule has 71 heavy (non-hydrogen) atoms. The number of esters is 1. The fourth-order valence-electron chi connectivity index (χ4n) is 8.97. The number of aliphatic imine (C=N–C) groups is 1. The largest absolute Gasteiger partial charge is 0.466 e. The van der Waals surface area contributed by atoms with E-state index in [0.717, 1.165) is 71.5 Å². The molecule has 8 atom stereocenters. The second-order valence-corrected chi connectivity index (χ2v) is 19.6. The first-order valence-corrected chi connectivity index (χ1v) is 24.5. The van der Waals surface area contributed by atoms with E-state index in [1.165, 1.54) is 0 Å². The maximum atomic E-state index is 13.4. The number of nitrogens with one attached hydrogen (secondary N) is 2. The fraction of sp³-hybridized carbons (Fsp3) is 0.538. The molecule has 19 heteroatoms. The number of fused-ring (bicyclic) bond motifs is 2. The number of aliphatic hydroxyl groups is 10. The summed E-state index contributed by atoms with van der Waals surface area (Å²) in [7, 11) is 0. The number of carbonyl (C=O) groups is 3. The van der Waals surface area contributed by atoms with E-state index in [1.807, 2.05) is 38.1 Å². The Labute approximate surface area is 419 Å². The Hall–Kier alpha value is -4.83. The van der Waals surface area contributed by atoms with Gasteiger partial charge in [0, 0.05) is 64.4 Å². The SMILES string of the molecule is CCOC(=O)CCCCCN1/C(=C/C=C2\CCCC(/C=C/C3=Nc4ccc(C(=O)NCC(O)C(O)C(O)C(O)CO)cc4C3(C)C)=C2Cl)C(C)(C)c2cc(C(=O)NCC(O)C(O)C(O)C(O)CO)ccc21. The molecule has 0 fully saturated rings. The van der Waals surface area contributed by atoms with Crippen LogP contribution in [0.1, 0.15) is 111 Å². The Morgan fingerprint density at radius 1 is 0.732 bits per heavy atom. The first-order chi connectivity index (χ1) is 33.6. The molecule has 0 spiro atoms. The highest BCUT2D eigenvalue weighted by Gasteiger charge is 2.41. The van der Waals surface area contributed by atoms with E-state index >= 15 is 0 Å². The van der Waals surface area contributed by atoms with Crippen molar-refractivity contribution in [1.82, 2.24) is 10.6 Å². The topological polar surface area (TPSA) is 302 Å². The molecule has 1 aliphatic carbocycles. The standard InChI is InChI=1S/C52H71ClN4O14/c1-6-71-43(64)13-8-7-9-22-57-36-19-15-32(50(70)55-26-38(61)46(66)48(68)40(63)28-59)24-34(36)52(4,5)42(57)21-17-30-12-10-11-29(44(30)53)16-20-41-51(2,3)33-23-31(14-18-35(33)56-41)49(69)54-25-37(60)45(65)47(67)39(62)27-58/h14-21,23-24,37-40,45-48,58-63,65-68H,6-13,22,25-28H2,1-5H3,(H,54,69)(H,55,70)/b20-16+,30-17+,42-21+. The van der Waals surface area contributed by atoms with Gasteiger partial charge < -0.3 is 71.3 Å². The summed E-state index contributed by atoms with van der Waals surface area (Å²) in [5.74, 6) is -1.31. The van der Waals surface area contributed by atoms with Gasteiger partial charge in [0.15, 0.2) is 0 Å². The van der Waals surface area contributed by atoms with E-state index in [-0.39, 0.29) is 11.5 Å². The number of carbonyl (C=O) groups excluding carboxylic acids is 3. The van der Waals surface area contributed by atoms with Gasteiger partial charge in [0.25, 0.3) is 11.8 Å². The minimum absolute atomic E-state index is 0.233. The predicted molar refractivity (Wildman–Crippen MR) is 267 cm³/mol. The van der Waals surface area contributed by atoms with Gasteiger partial charge in [0.1, 0.15) is 36.6 Å². The van der Waals surface area contributed by atoms with Crippen LogP contribution in [0.25, 0.3) is 0 Å². The lowest BCUT2D eigenvalue weighted by Crippen LogP contribution is -2.49. The number of hydrogen-bond acceptors (Lipinski definition) is 16. The van der Waals surface area contributed by atoms with Gasteiger partial charge in [-0.15, -0.1) is 0 Å². The zero-order chi connectivity index (χ0) is 52.4. The summed E-state index contributed by atoms with van der Waals surface area (Å²) >= 11 is 7.19. The molecule has 390 valence electrons. The highest BCUT2D eigenvalue weighted by molar-refractivity contribution is 6.32. The van der Waals surface area contributed by atoms with Crippen LogP contribution in [-0.4, -0.2) is 163 Å². The maximum absolute atomic E-state index is 13.4. The van der Waals surface area contributed by atoms with Gasteiger partial charge in [0.05, 0.1) is 43.4 Å². The molecule has 0 radical (unpaired) electrons. The summed E-state index contributed by atoms with van der Waals surface area (Å²) in [6.07, 6.45) is -1.05. The van der Waals surface area contributed by atoms with Crippen LogP contribution in [0.3, 0.4) is 0 Å². The smallest absolute Gasteiger partial charge is 0.305 e. The van der Waals surface area contributed by atoms with Crippen LogP contribution in [0, 0.1) is 0 Å². The summed E-state index contributed by atoms with van der Waals surface area (Å²) in [6.45, 7) is 8.32. The molecule has 2 aliphatic heterocycles. The summed E-state index contributed by atoms with van der Waals surface area (Å²) in [6, 6.07) is 10.4. The van der Waals surface area contributed by atoms with Crippen LogP contribution < -0.4 is 15.5 Å². The number of halogens is 1. The van der Waals surface area contributed by atoms with Crippen molar-refractivity contribution < 1.29 is 70.2 Å². The van der Waals surface area contributed by atoms with Crippen LogP contribution in [0.5, 0.6) is 0 Å². The number of nitrogens with zero attached hydrogens (tertiary/aromatic N) is 2. The normalized spacial score (nSPS) is 20.7. The monoisotopic (exact) mass is 1010 g/mol. The van der Waals surface area contributed by atoms with Gasteiger partial charge in [-0.25, -0.2) is 0 Å². The van der Waals surface area contributed by atoms with Crippen molar-refractivity contribution in [2.45, 2.75) is 139 Å². The number of ether oxygens (including phenoxy) is 1. The molecule has 0 saturated carbocycles. The summed E-state index contributed by atoms with van der Waals surface area (Å²) in [4.78, 5) is 45.6. The van der Waals surface area contributed by atoms with Crippen LogP contribution in [0.4, 0.5) is 11.4 Å². The van der Waals surface area contributed by atoms with E-state index in [1.54, 1.807) is 37.3 Å². The molecule has 2 amide bonds. The molecule has 5 rings (SSSR count). The van der Waals surface area contributed by atoms with E-state index < -0.39 is 97.8 Å². The highest BCUT2D eigenvalue weighted by atomic mass is 35.5. The predicted octanol–water partition coefficient (Wildman–Crippen LogP) is 2.35. The first-order valence-electron chi connectivity index (χ1n) is 24.1. The molecule has 0 aromatic heterocycles. The molecule has 8 unspecified atom stereocenters.